The third kappa shape index (κ3) is 5.16. The maximum atomic E-state index is 12.2. The van der Waals surface area contributed by atoms with Crippen molar-refractivity contribution in [1.82, 2.24) is 19.6 Å². The first-order chi connectivity index (χ1) is 13.2. The van der Waals surface area contributed by atoms with Crippen molar-refractivity contribution in [3.05, 3.63) is 30.3 Å². The van der Waals surface area contributed by atoms with Crippen molar-refractivity contribution in [2.24, 2.45) is 0 Å². The topological polar surface area (TPSA) is 87.7 Å². The SMILES string of the molecule is CCNC(=O)COC(=O)N1CCCN(c2nc(-c3ccccc3)ns2)CC1. The molecule has 1 saturated heterocycles. The van der Waals surface area contributed by atoms with E-state index in [0.717, 1.165) is 29.5 Å². The number of carbonyl (C=O) groups is 2. The molecule has 8 nitrogen and oxygen atoms in total. The van der Waals surface area contributed by atoms with E-state index in [2.05, 4.69) is 19.6 Å². The molecule has 1 aliphatic heterocycles. The van der Waals surface area contributed by atoms with Gasteiger partial charge in [0.15, 0.2) is 12.4 Å². The third-order valence-corrected chi connectivity index (χ3v) is 4.95. The number of nitrogens with one attached hydrogen (secondary N) is 1. The maximum Gasteiger partial charge on any atom is 0.410 e. The second-order valence-electron chi connectivity index (χ2n) is 6.10. The molecule has 3 rings (SSSR count). The number of hydrogen-bond acceptors (Lipinski definition) is 7. The molecule has 144 valence electrons. The van der Waals surface area contributed by atoms with Gasteiger partial charge in [-0.3, -0.25) is 4.79 Å². The predicted molar refractivity (Wildman–Crippen MR) is 104 cm³/mol. The second kappa shape index (κ2) is 9.31. The Bertz CT molecular complexity index is 767. The minimum atomic E-state index is -0.453. The van der Waals surface area contributed by atoms with E-state index < -0.39 is 6.09 Å². The van der Waals surface area contributed by atoms with Gasteiger partial charge >= 0.3 is 6.09 Å². The lowest BCUT2D eigenvalue weighted by molar-refractivity contribution is -0.124. The van der Waals surface area contributed by atoms with Crippen LogP contribution in [0.15, 0.2) is 30.3 Å². The van der Waals surface area contributed by atoms with Crippen molar-refractivity contribution in [2.45, 2.75) is 13.3 Å². The number of rotatable bonds is 5. The molecule has 1 fully saturated rings. The van der Waals surface area contributed by atoms with E-state index in [4.69, 9.17) is 4.74 Å². The average Bonchev–Trinajstić information content (AvgIpc) is 3.05. The number of amides is 2. The number of hydrogen-bond donors (Lipinski definition) is 1. The molecule has 1 N–H and O–H groups in total. The molecule has 0 bridgehead atoms. The number of benzene rings is 1. The Labute approximate surface area is 162 Å². The van der Waals surface area contributed by atoms with Crippen LogP contribution in [0.1, 0.15) is 13.3 Å². The summed E-state index contributed by atoms with van der Waals surface area (Å²) in [7, 11) is 0. The Balaban J connectivity index is 1.55. The van der Waals surface area contributed by atoms with Crippen molar-refractivity contribution in [3.63, 3.8) is 0 Å². The van der Waals surface area contributed by atoms with Gasteiger partial charge in [0.1, 0.15) is 0 Å². The van der Waals surface area contributed by atoms with Crippen LogP contribution < -0.4 is 10.2 Å². The number of carbonyl (C=O) groups excluding carboxylic acids is 2. The van der Waals surface area contributed by atoms with Crippen molar-refractivity contribution in [3.8, 4) is 11.4 Å². The fourth-order valence-electron chi connectivity index (χ4n) is 2.81. The zero-order valence-electron chi connectivity index (χ0n) is 15.3. The summed E-state index contributed by atoms with van der Waals surface area (Å²) < 4.78 is 9.54. The number of aromatic nitrogens is 2. The van der Waals surface area contributed by atoms with Gasteiger partial charge in [-0.2, -0.15) is 9.36 Å². The van der Waals surface area contributed by atoms with Crippen LogP contribution in [0.5, 0.6) is 0 Å². The molecule has 0 aliphatic carbocycles. The summed E-state index contributed by atoms with van der Waals surface area (Å²) in [6, 6.07) is 9.87. The van der Waals surface area contributed by atoms with E-state index in [1.54, 1.807) is 4.90 Å². The zero-order valence-corrected chi connectivity index (χ0v) is 16.1. The standard InChI is InChI=1S/C18H23N5O3S/c1-2-19-15(24)13-26-18(25)23-10-6-9-22(11-12-23)17-20-16(21-27-17)14-7-4-3-5-8-14/h3-5,7-8H,2,6,9-13H2,1H3,(H,19,24). The van der Waals surface area contributed by atoms with Crippen LogP contribution >= 0.6 is 11.5 Å². The van der Waals surface area contributed by atoms with Crippen LogP contribution in [0.4, 0.5) is 9.93 Å². The van der Waals surface area contributed by atoms with Gasteiger partial charge in [-0.25, -0.2) is 4.79 Å². The maximum absolute atomic E-state index is 12.2. The minimum absolute atomic E-state index is 0.246. The summed E-state index contributed by atoms with van der Waals surface area (Å²) in [5.74, 6) is 0.433. The largest absolute Gasteiger partial charge is 0.439 e. The summed E-state index contributed by atoms with van der Waals surface area (Å²) in [5.41, 5.74) is 0.991. The molecule has 0 saturated carbocycles. The Morgan fingerprint density at radius 2 is 2.00 bits per heavy atom. The van der Waals surface area contributed by atoms with Gasteiger partial charge in [0.25, 0.3) is 5.91 Å². The summed E-state index contributed by atoms with van der Waals surface area (Å²) in [5, 5.41) is 3.46. The van der Waals surface area contributed by atoms with Crippen LogP contribution in [-0.4, -0.2) is 65.6 Å². The smallest absolute Gasteiger partial charge is 0.410 e. The normalized spacial score (nSPS) is 14.6. The van der Waals surface area contributed by atoms with Crippen molar-refractivity contribution in [1.29, 1.82) is 0 Å². The Hall–Kier alpha value is -2.68. The van der Waals surface area contributed by atoms with Gasteiger partial charge < -0.3 is 19.9 Å². The van der Waals surface area contributed by atoms with Crippen molar-refractivity contribution in [2.75, 3.05) is 44.2 Å². The molecule has 27 heavy (non-hydrogen) atoms. The van der Waals surface area contributed by atoms with Gasteiger partial charge in [-0.05, 0) is 13.3 Å². The highest BCUT2D eigenvalue weighted by atomic mass is 32.1. The van der Waals surface area contributed by atoms with Gasteiger partial charge in [-0.1, -0.05) is 30.3 Å². The summed E-state index contributed by atoms with van der Waals surface area (Å²) in [6.45, 7) is 4.65. The van der Waals surface area contributed by atoms with Crippen molar-refractivity contribution < 1.29 is 14.3 Å². The number of ether oxygens (including phenoxy) is 1. The first kappa shape index (κ1) is 19.1. The summed E-state index contributed by atoms with van der Waals surface area (Å²) in [6.07, 6.45) is 0.349. The van der Waals surface area contributed by atoms with Crippen LogP contribution in [0.2, 0.25) is 0 Å². The first-order valence-electron chi connectivity index (χ1n) is 9.00. The zero-order chi connectivity index (χ0) is 19.1. The highest BCUT2D eigenvalue weighted by Crippen LogP contribution is 2.24. The van der Waals surface area contributed by atoms with Gasteiger partial charge in [0.05, 0.1) is 0 Å². The number of anilines is 1. The molecule has 2 aromatic rings. The van der Waals surface area contributed by atoms with Gasteiger partial charge in [-0.15, -0.1) is 0 Å². The molecule has 2 amide bonds. The van der Waals surface area contributed by atoms with Crippen LogP contribution in [-0.2, 0) is 9.53 Å². The fraction of sp³-hybridized carbons (Fsp3) is 0.444. The van der Waals surface area contributed by atoms with E-state index in [-0.39, 0.29) is 12.5 Å². The molecule has 1 aromatic carbocycles. The minimum Gasteiger partial charge on any atom is -0.439 e. The fourth-order valence-corrected chi connectivity index (χ4v) is 3.55. The van der Waals surface area contributed by atoms with E-state index in [1.807, 2.05) is 37.3 Å². The number of nitrogens with zero attached hydrogens (tertiary/aromatic N) is 4. The Morgan fingerprint density at radius 3 is 2.78 bits per heavy atom. The highest BCUT2D eigenvalue weighted by molar-refractivity contribution is 7.09. The second-order valence-corrected chi connectivity index (χ2v) is 6.83. The van der Waals surface area contributed by atoms with Crippen molar-refractivity contribution >= 4 is 28.7 Å². The average molecular weight is 389 g/mol. The number of likely N-dealkylation sites (N-methyl/N-ethyl adjacent to an activating group) is 1. The van der Waals surface area contributed by atoms with E-state index >= 15 is 0 Å². The Kier molecular flexibility index (Phi) is 6.59. The molecular formula is C18H23N5O3S. The molecule has 9 heteroatoms. The predicted octanol–water partition coefficient (Wildman–Crippen LogP) is 1.99. The monoisotopic (exact) mass is 389 g/mol. The lowest BCUT2D eigenvalue weighted by atomic mass is 10.2. The molecular weight excluding hydrogens is 366 g/mol. The molecule has 0 atom stereocenters. The van der Waals surface area contributed by atoms with Crippen LogP contribution in [0.25, 0.3) is 11.4 Å². The van der Waals surface area contributed by atoms with E-state index in [0.29, 0.717) is 26.2 Å². The molecule has 2 heterocycles. The lowest BCUT2D eigenvalue weighted by Gasteiger charge is -2.20. The summed E-state index contributed by atoms with van der Waals surface area (Å²) >= 11 is 1.37. The highest BCUT2D eigenvalue weighted by Gasteiger charge is 2.22. The lowest BCUT2D eigenvalue weighted by Crippen LogP contribution is -2.37. The molecule has 1 aromatic heterocycles. The third-order valence-electron chi connectivity index (χ3n) is 4.17. The molecule has 1 aliphatic rings. The first-order valence-corrected chi connectivity index (χ1v) is 9.77. The van der Waals surface area contributed by atoms with Crippen LogP contribution in [0, 0.1) is 0 Å². The van der Waals surface area contributed by atoms with E-state index in [1.165, 1.54) is 11.5 Å². The van der Waals surface area contributed by atoms with Crippen LogP contribution in [0.3, 0.4) is 0 Å². The Morgan fingerprint density at radius 1 is 1.19 bits per heavy atom. The van der Waals surface area contributed by atoms with Gasteiger partial charge in [0.2, 0.25) is 5.13 Å². The molecule has 0 spiro atoms. The van der Waals surface area contributed by atoms with E-state index in [9.17, 15) is 9.59 Å². The quantitative estimate of drug-likeness (QED) is 0.841. The molecule has 0 unspecified atom stereocenters. The summed E-state index contributed by atoms with van der Waals surface area (Å²) in [4.78, 5) is 32.0. The van der Waals surface area contributed by atoms with Gasteiger partial charge in [0, 0.05) is 49.8 Å². The molecule has 0 radical (unpaired) electrons.